The van der Waals surface area contributed by atoms with E-state index in [1.807, 2.05) is 19.1 Å². The maximum absolute atomic E-state index is 4.01. The molecule has 1 saturated heterocycles. The average Bonchev–Trinajstić information content (AvgIpc) is 3.21. The summed E-state index contributed by atoms with van der Waals surface area (Å²) < 4.78 is 4.63. The molecule has 0 spiro atoms. The predicted molar refractivity (Wildman–Crippen MR) is 129 cm³/mol. The van der Waals surface area contributed by atoms with Crippen LogP contribution in [0.15, 0.2) is 55.1 Å². The second-order valence-corrected chi connectivity index (χ2v) is 15.9. The fraction of sp³-hybridized carbons (Fsp3) is 0.500. The van der Waals surface area contributed by atoms with Crippen LogP contribution in [0, 0.1) is 0 Å². The molecular formula is C24H42N2SiTi. The molecule has 4 heteroatoms. The molecule has 1 aliphatic heterocycles. The molecule has 1 aromatic rings. The molecule has 0 radical (unpaired) electrons. The van der Waals surface area contributed by atoms with Gasteiger partial charge in [-0.25, -0.2) is 0 Å². The van der Waals surface area contributed by atoms with E-state index >= 15 is 0 Å². The summed E-state index contributed by atoms with van der Waals surface area (Å²) in [5, 5.41) is 5.05. The van der Waals surface area contributed by atoms with Crippen LogP contribution in [-0.2, 0) is 16.8 Å². The van der Waals surface area contributed by atoms with Crippen molar-refractivity contribution in [2.24, 2.45) is 0 Å². The Kier molecular flexibility index (Phi) is 9.69. The van der Waals surface area contributed by atoms with Crippen molar-refractivity contribution in [3.05, 3.63) is 66.3 Å². The van der Waals surface area contributed by atoms with Gasteiger partial charge in [0.25, 0.3) is 0 Å². The molecule has 0 aromatic heterocycles. The van der Waals surface area contributed by atoms with E-state index in [1.165, 1.54) is 37.2 Å². The Balaban J connectivity index is 0.000000584. The van der Waals surface area contributed by atoms with Crippen molar-refractivity contribution in [3.63, 3.8) is 0 Å². The van der Waals surface area contributed by atoms with Gasteiger partial charge in [0.1, 0.15) is 0 Å². The molecule has 2 nitrogen and oxygen atoms in total. The largest absolute Gasteiger partial charge is 0.0149 e. The van der Waals surface area contributed by atoms with Crippen molar-refractivity contribution in [2.45, 2.75) is 60.8 Å². The molecule has 1 unspecified atom stereocenters. The number of benzene rings is 1. The van der Waals surface area contributed by atoms with Gasteiger partial charge in [0.15, 0.2) is 0 Å². The molecule has 0 saturated carbocycles. The van der Waals surface area contributed by atoms with E-state index in [0.717, 1.165) is 0 Å². The van der Waals surface area contributed by atoms with Crippen molar-refractivity contribution in [3.8, 4) is 0 Å². The van der Waals surface area contributed by atoms with Gasteiger partial charge in [0.2, 0.25) is 0 Å². The van der Waals surface area contributed by atoms with Crippen molar-refractivity contribution >= 4 is 16.7 Å². The van der Waals surface area contributed by atoms with E-state index in [0.29, 0.717) is 4.22 Å². The minimum absolute atomic E-state index is 0. The summed E-state index contributed by atoms with van der Waals surface area (Å²) in [5.74, 6) is 0. The standard InChI is InChI=1S/C13H14N.C5H8.C4H10N.2CH3.H4Si.Ti/c1-2-6-12-11(5-1)7-8-13(12)14-9-3-4-10-14;1-3-5-4-2;1-4(2,3)5;;;;/h1-2,5-8H,3-4,9-10H2;3-5H,1H2,2H3;5H,1-3H3;2*1H3;1H4;/q;;-1;;;;+1. The van der Waals surface area contributed by atoms with E-state index < -0.39 is 16.8 Å². The van der Waals surface area contributed by atoms with E-state index in [1.54, 1.807) is 11.6 Å². The van der Waals surface area contributed by atoms with Crippen molar-refractivity contribution in [2.75, 3.05) is 13.1 Å². The molecule has 2 aliphatic rings. The molecule has 1 aromatic carbocycles. The fourth-order valence-electron chi connectivity index (χ4n) is 4.35. The third-order valence-corrected chi connectivity index (χ3v) is 10.5. The molecule has 1 N–H and O–H groups in total. The van der Waals surface area contributed by atoms with Gasteiger partial charge in [-0.15, -0.1) is 0 Å². The molecular weight excluding hydrogens is 392 g/mol. The third-order valence-electron chi connectivity index (χ3n) is 5.15. The summed E-state index contributed by atoms with van der Waals surface area (Å²) >= 11 is -2.18. The van der Waals surface area contributed by atoms with Crippen LogP contribution in [0.3, 0.4) is 0 Å². The van der Waals surface area contributed by atoms with Crippen LogP contribution in [0.5, 0.6) is 0 Å². The number of allylic oxidation sites excluding steroid dienone is 4. The first-order chi connectivity index (χ1) is 12.7. The predicted octanol–water partition coefficient (Wildman–Crippen LogP) is 5.03. The van der Waals surface area contributed by atoms with Gasteiger partial charge in [0, 0.05) is 0 Å². The number of hydrogen-bond acceptors (Lipinski definition) is 2. The number of nitrogens with zero attached hydrogens (tertiary/aromatic N) is 1. The number of hydrogen-bond donors (Lipinski definition) is 1. The van der Waals surface area contributed by atoms with Crippen LogP contribution in [0.4, 0.5) is 0 Å². The van der Waals surface area contributed by atoms with Gasteiger partial charge in [-0.05, 0) is 17.9 Å². The first-order valence-electron chi connectivity index (χ1n) is 10.3. The molecule has 0 bridgehead atoms. The Hall–Kier alpha value is -0.869. The average molecular weight is 435 g/mol. The van der Waals surface area contributed by atoms with Crippen LogP contribution in [-0.4, -0.2) is 34.5 Å². The molecule has 1 heterocycles. The fourth-order valence-corrected chi connectivity index (χ4v) is 10.1. The zero-order chi connectivity index (χ0) is 20.1. The minimum atomic E-state index is -2.18. The van der Waals surface area contributed by atoms with Crippen LogP contribution in [0.2, 0.25) is 10.5 Å². The monoisotopic (exact) mass is 434 g/mol. The van der Waals surface area contributed by atoms with Gasteiger partial charge in [-0.1, -0.05) is 24.8 Å². The second kappa shape index (κ2) is 10.8. The van der Waals surface area contributed by atoms with Gasteiger partial charge >= 0.3 is 140 Å². The van der Waals surface area contributed by atoms with Gasteiger partial charge in [0.05, 0.1) is 0 Å². The Morgan fingerprint density at radius 2 is 1.75 bits per heavy atom. The Morgan fingerprint density at radius 3 is 2.25 bits per heavy atom. The summed E-state index contributed by atoms with van der Waals surface area (Å²) in [6.07, 6.45) is 10.9. The molecule has 3 rings (SSSR count). The van der Waals surface area contributed by atoms with Gasteiger partial charge in [-0.2, -0.15) is 0 Å². The van der Waals surface area contributed by atoms with E-state index in [-0.39, 0.29) is 16.5 Å². The van der Waals surface area contributed by atoms with Gasteiger partial charge < -0.3 is 0 Å². The second-order valence-electron chi connectivity index (χ2n) is 9.17. The third kappa shape index (κ3) is 6.59. The topological polar surface area (TPSA) is 15.3 Å². The van der Waals surface area contributed by atoms with Crippen LogP contribution in [0.25, 0.3) is 5.70 Å². The molecule has 1 atom stereocenters. The van der Waals surface area contributed by atoms with E-state index in [2.05, 4.69) is 76.8 Å². The van der Waals surface area contributed by atoms with E-state index in [9.17, 15) is 0 Å². The maximum atomic E-state index is 4.01. The Morgan fingerprint density at radius 1 is 1.14 bits per heavy atom. The quantitative estimate of drug-likeness (QED) is 0.528. The zero-order valence-electron chi connectivity index (χ0n) is 18.2. The summed E-state index contributed by atoms with van der Waals surface area (Å²) in [5.41, 5.74) is 4.75. The maximum Gasteiger partial charge on any atom is -0.0149 e. The van der Waals surface area contributed by atoms with Crippen molar-refractivity contribution in [1.29, 1.82) is 0 Å². The van der Waals surface area contributed by atoms with Crippen LogP contribution < -0.4 is 3.80 Å². The van der Waals surface area contributed by atoms with Gasteiger partial charge in [-0.3, -0.25) is 0 Å². The Labute approximate surface area is 181 Å². The summed E-state index contributed by atoms with van der Waals surface area (Å²) in [4.78, 5) is 2.61. The Bertz CT molecular complexity index is 695. The molecule has 156 valence electrons. The van der Waals surface area contributed by atoms with Crippen LogP contribution >= 0.6 is 0 Å². The zero-order valence-corrected chi connectivity index (χ0v) is 19.7. The molecule has 0 amide bonds. The first-order valence-corrected chi connectivity index (χ1v) is 15.1. The summed E-state index contributed by atoms with van der Waals surface area (Å²) in [7, 11) is 0. The molecule has 28 heavy (non-hydrogen) atoms. The number of nitrogens with one attached hydrogen (secondary N) is 1. The summed E-state index contributed by atoms with van der Waals surface area (Å²) in [6.45, 7) is 14.8. The number of fused-ring (bicyclic) bond motifs is 1. The van der Waals surface area contributed by atoms with Crippen molar-refractivity contribution < 1.29 is 16.8 Å². The first kappa shape index (κ1) is 25.2. The summed E-state index contributed by atoms with van der Waals surface area (Å²) in [6, 6.07) is 9.09. The number of rotatable bonds is 4. The van der Waals surface area contributed by atoms with Crippen LogP contribution in [0.1, 0.15) is 55.9 Å². The SMILES string of the molecule is C=CC=CC.CC(C)(C)[NH][Ti]([CH3])([CH3])[CH]1C=C(N2CCCC2)c2ccccc21.[SiH4]. The number of likely N-dealkylation sites (tertiary alicyclic amines) is 1. The normalized spacial score (nSPS) is 18.9. The smallest absolute Gasteiger partial charge is 0.0149 e. The molecule has 1 fully saturated rings. The minimum Gasteiger partial charge on any atom is -0.0149 e. The molecule has 1 aliphatic carbocycles. The van der Waals surface area contributed by atoms with Crippen molar-refractivity contribution in [1.82, 2.24) is 8.70 Å². The van der Waals surface area contributed by atoms with E-state index in [4.69, 9.17) is 0 Å².